The molecule has 3 rings (SSSR count). The Kier molecular flexibility index (Phi) is 7.67. The zero-order valence-corrected chi connectivity index (χ0v) is 21.7. The van der Waals surface area contributed by atoms with Crippen LogP contribution in [0.2, 0.25) is 16.6 Å². The van der Waals surface area contributed by atoms with Crippen molar-refractivity contribution in [2.24, 2.45) is 0 Å². The molecule has 2 aromatic rings. The fourth-order valence-corrected chi connectivity index (χ4v) is 11.0. The molecule has 0 bridgehead atoms. The van der Waals surface area contributed by atoms with Gasteiger partial charge in [0.15, 0.2) is 8.32 Å². The number of nitrogens with two attached hydrogens (primary N) is 1. The fraction of sp³-hybridized carbons (Fsp3) is 0.667. The van der Waals surface area contributed by atoms with E-state index in [4.69, 9.17) is 14.9 Å². The van der Waals surface area contributed by atoms with Crippen LogP contribution in [0.1, 0.15) is 60.9 Å². The number of nitrogens with zero attached hydrogens (tertiary/aromatic N) is 3. The molecule has 1 aliphatic rings. The number of morpholine rings is 1. The molecule has 0 unspecified atom stereocenters. The molecule has 1 fully saturated rings. The summed E-state index contributed by atoms with van der Waals surface area (Å²) in [6, 6.07) is 6.10. The average molecular weight is 461 g/mol. The number of benzene rings is 1. The second-order valence-corrected chi connectivity index (χ2v) is 15.4. The van der Waals surface area contributed by atoms with Crippen molar-refractivity contribution in [1.82, 2.24) is 9.55 Å². The van der Waals surface area contributed by atoms with E-state index in [0.717, 1.165) is 29.7 Å². The van der Waals surface area contributed by atoms with E-state index in [-0.39, 0.29) is 18.6 Å². The predicted octanol–water partition coefficient (Wildman–Crippen LogP) is 5.12. The molecule has 0 radical (unpaired) electrons. The van der Waals surface area contributed by atoms with Gasteiger partial charge < -0.3 is 24.4 Å². The van der Waals surface area contributed by atoms with E-state index in [1.807, 2.05) is 18.2 Å². The zero-order chi connectivity index (χ0) is 23.6. The minimum absolute atomic E-state index is 0.0263. The molecule has 2 heterocycles. The lowest BCUT2D eigenvalue weighted by Gasteiger charge is -2.42. The average Bonchev–Trinajstić information content (AvgIpc) is 3.05. The van der Waals surface area contributed by atoms with Gasteiger partial charge in [0, 0.05) is 24.9 Å². The summed E-state index contributed by atoms with van der Waals surface area (Å²) in [7, 11) is -1.88. The molecule has 1 amide bonds. The van der Waals surface area contributed by atoms with E-state index in [0.29, 0.717) is 35.7 Å². The lowest BCUT2D eigenvalue weighted by Crippen LogP contribution is -2.48. The third-order valence-electron chi connectivity index (χ3n) is 7.03. The first-order chi connectivity index (χ1) is 15.1. The number of fused-ring (bicyclic) bond motifs is 1. The van der Waals surface area contributed by atoms with Crippen molar-refractivity contribution in [3.63, 3.8) is 0 Å². The Balaban J connectivity index is 1.77. The van der Waals surface area contributed by atoms with E-state index >= 15 is 0 Å². The van der Waals surface area contributed by atoms with Gasteiger partial charge in [-0.3, -0.25) is 4.79 Å². The van der Waals surface area contributed by atoms with Crippen LogP contribution in [-0.2, 0) is 14.0 Å². The van der Waals surface area contributed by atoms with Crippen LogP contribution < -0.4 is 10.6 Å². The molecule has 1 aromatic carbocycles. The molecular weight excluding hydrogens is 420 g/mol. The molecule has 0 aliphatic carbocycles. The summed E-state index contributed by atoms with van der Waals surface area (Å²) in [4.78, 5) is 18.5. The summed E-state index contributed by atoms with van der Waals surface area (Å²) >= 11 is 0. The molecule has 0 spiro atoms. The van der Waals surface area contributed by atoms with Gasteiger partial charge in [-0.25, -0.2) is 4.98 Å². The van der Waals surface area contributed by atoms with Gasteiger partial charge in [-0.05, 0) is 48.2 Å². The van der Waals surface area contributed by atoms with Crippen molar-refractivity contribution in [3.8, 4) is 0 Å². The number of anilines is 2. The Hall–Kier alpha value is -1.90. The summed E-state index contributed by atoms with van der Waals surface area (Å²) in [5.74, 6) is 0.472. The molecule has 8 heteroatoms. The Bertz CT molecular complexity index is 919. The first-order valence-electron chi connectivity index (χ1n) is 11.9. The van der Waals surface area contributed by atoms with Crippen LogP contribution in [0.5, 0.6) is 0 Å². The Morgan fingerprint density at radius 1 is 1.12 bits per heavy atom. The molecular formula is C24H40N4O3Si. The van der Waals surface area contributed by atoms with Crippen LogP contribution >= 0.6 is 0 Å². The summed E-state index contributed by atoms with van der Waals surface area (Å²) in [6.07, 6.45) is 0.875. The smallest absolute Gasteiger partial charge is 0.253 e. The highest BCUT2D eigenvalue weighted by molar-refractivity contribution is 6.77. The fourth-order valence-electron chi connectivity index (χ4n) is 5.56. The minimum atomic E-state index is -1.88. The number of carbonyl (C=O) groups excluding carboxylic acids is 1. The molecule has 1 aromatic heterocycles. The van der Waals surface area contributed by atoms with E-state index < -0.39 is 8.32 Å². The largest absolute Gasteiger partial charge is 0.416 e. The van der Waals surface area contributed by atoms with Crippen molar-refractivity contribution in [2.75, 3.05) is 37.0 Å². The summed E-state index contributed by atoms with van der Waals surface area (Å²) in [5.41, 5.74) is 10.7. The Morgan fingerprint density at radius 2 is 1.78 bits per heavy atom. The van der Waals surface area contributed by atoms with E-state index in [2.05, 4.69) is 58.0 Å². The maximum Gasteiger partial charge on any atom is 0.253 e. The first-order valence-corrected chi connectivity index (χ1v) is 14.0. The molecule has 32 heavy (non-hydrogen) atoms. The molecule has 0 saturated carbocycles. The van der Waals surface area contributed by atoms with Gasteiger partial charge in [0.1, 0.15) is 6.61 Å². The first kappa shape index (κ1) is 24.7. The summed E-state index contributed by atoms with van der Waals surface area (Å²) in [6.45, 7) is 18.0. The zero-order valence-electron chi connectivity index (χ0n) is 20.7. The van der Waals surface area contributed by atoms with E-state index in [9.17, 15) is 4.79 Å². The number of amides is 1. The number of carbonyl (C=O) groups is 1. The number of aromatic nitrogens is 2. The SMILES string of the molecule is CC(C)[Si](OCC[C@H](C)n1c(N)nc2cc(N3CCOCC3=O)ccc21)(C(C)C)C(C)C. The van der Waals surface area contributed by atoms with Crippen LogP contribution in [0.3, 0.4) is 0 Å². The maximum atomic E-state index is 12.2. The highest BCUT2D eigenvalue weighted by Crippen LogP contribution is 2.42. The monoisotopic (exact) mass is 460 g/mol. The van der Waals surface area contributed by atoms with Gasteiger partial charge in [0.05, 0.1) is 17.6 Å². The topological polar surface area (TPSA) is 82.6 Å². The quantitative estimate of drug-likeness (QED) is 0.525. The molecule has 178 valence electrons. The van der Waals surface area contributed by atoms with Gasteiger partial charge in [-0.1, -0.05) is 41.5 Å². The number of nitrogen functional groups attached to an aromatic ring is 1. The van der Waals surface area contributed by atoms with Crippen LogP contribution in [0.4, 0.5) is 11.6 Å². The highest BCUT2D eigenvalue weighted by atomic mass is 28.4. The molecule has 7 nitrogen and oxygen atoms in total. The second-order valence-electron chi connectivity index (χ2n) is 9.91. The molecule has 1 atom stereocenters. The normalized spacial score (nSPS) is 16.7. The van der Waals surface area contributed by atoms with E-state index in [1.165, 1.54) is 0 Å². The highest BCUT2D eigenvalue weighted by Gasteiger charge is 2.44. The predicted molar refractivity (Wildman–Crippen MR) is 134 cm³/mol. The Labute approximate surface area is 193 Å². The van der Waals surface area contributed by atoms with Crippen molar-refractivity contribution in [2.45, 2.75) is 77.6 Å². The molecule has 2 N–H and O–H groups in total. The molecule has 1 aliphatic heterocycles. The third kappa shape index (κ3) is 4.58. The number of ether oxygens (including phenoxy) is 1. The van der Waals surface area contributed by atoms with Crippen LogP contribution in [-0.4, -0.2) is 50.1 Å². The van der Waals surface area contributed by atoms with Crippen LogP contribution in [0, 0.1) is 0 Å². The summed E-state index contributed by atoms with van der Waals surface area (Å²) in [5, 5.41) is 0. The summed E-state index contributed by atoms with van der Waals surface area (Å²) < 4.78 is 14.1. The Morgan fingerprint density at radius 3 is 2.38 bits per heavy atom. The van der Waals surface area contributed by atoms with Crippen molar-refractivity contribution in [3.05, 3.63) is 18.2 Å². The molecule has 1 saturated heterocycles. The second kappa shape index (κ2) is 9.93. The van der Waals surface area contributed by atoms with Gasteiger partial charge >= 0.3 is 0 Å². The minimum Gasteiger partial charge on any atom is -0.416 e. The lowest BCUT2D eigenvalue weighted by atomic mass is 10.2. The van der Waals surface area contributed by atoms with Gasteiger partial charge in [-0.15, -0.1) is 0 Å². The van der Waals surface area contributed by atoms with Crippen molar-refractivity contribution in [1.29, 1.82) is 0 Å². The third-order valence-corrected chi connectivity index (χ3v) is 13.2. The van der Waals surface area contributed by atoms with Crippen LogP contribution in [0.25, 0.3) is 11.0 Å². The van der Waals surface area contributed by atoms with Crippen molar-refractivity contribution < 1.29 is 14.0 Å². The van der Waals surface area contributed by atoms with Crippen molar-refractivity contribution >= 4 is 36.9 Å². The lowest BCUT2D eigenvalue weighted by molar-refractivity contribution is -0.125. The maximum absolute atomic E-state index is 12.2. The van der Waals surface area contributed by atoms with Crippen LogP contribution in [0.15, 0.2) is 18.2 Å². The van der Waals surface area contributed by atoms with Gasteiger partial charge in [0.25, 0.3) is 5.91 Å². The number of rotatable bonds is 9. The number of imidazole rings is 1. The number of hydrogen-bond donors (Lipinski definition) is 1. The van der Waals surface area contributed by atoms with Gasteiger partial charge in [0.2, 0.25) is 5.95 Å². The number of hydrogen-bond acceptors (Lipinski definition) is 5. The van der Waals surface area contributed by atoms with E-state index in [1.54, 1.807) is 4.90 Å². The standard InChI is InChI=1S/C24H40N4O3Si/c1-16(2)32(17(3)4,18(5)6)31-12-10-19(7)28-22-9-8-20(14-21(22)26-24(28)25)27-11-13-30-15-23(27)29/h8-9,14,16-19H,10-13,15H2,1-7H3,(H2,25,26)/t19-/m0/s1. The van der Waals surface area contributed by atoms with Gasteiger partial charge in [-0.2, -0.15) is 0 Å².